The summed E-state index contributed by atoms with van der Waals surface area (Å²) >= 11 is 0. The molecule has 0 amide bonds. The number of benzene rings is 8. The summed E-state index contributed by atoms with van der Waals surface area (Å²) in [5.41, 5.74) is 30.6. The lowest BCUT2D eigenvalue weighted by Crippen LogP contribution is -2.15. The summed E-state index contributed by atoms with van der Waals surface area (Å²) in [6, 6.07) is 64.2. The van der Waals surface area contributed by atoms with Crippen molar-refractivity contribution in [2.75, 3.05) is 0 Å². The average molecular weight is 995 g/mol. The van der Waals surface area contributed by atoms with E-state index in [9.17, 15) is 0 Å². The molecule has 0 saturated heterocycles. The van der Waals surface area contributed by atoms with Crippen molar-refractivity contribution in [3.05, 3.63) is 284 Å². The van der Waals surface area contributed by atoms with Gasteiger partial charge in [-0.25, -0.2) is 0 Å². The van der Waals surface area contributed by atoms with Crippen molar-refractivity contribution in [1.29, 1.82) is 0 Å². The zero-order chi connectivity index (χ0) is 54.3. The van der Waals surface area contributed by atoms with Crippen LogP contribution in [0.5, 0.6) is 0 Å². The smallest absolute Gasteiger partial charge is 0.0159 e. The SMILES string of the molecule is CC.CC1=CCCC=C1c1ccccc1C.Cc1ccc(-c2ccc(C)cc2)cc1.Cc1ccc(C2C=CC(c3ccc4c(c3)C(C)(C)c3ccccc3-4)=CC2C)c(C)c1.Cc1ccc2c(c1)C(C)(C)c1ccccc1-2. The Balaban J connectivity index is 0.000000142. The lowest BCUT2D eigenvalue weighted by molar-refractivity contribution is 0.634. The highest BCUT2D eigenvalue weighted by molar-refractivity contribution is 5.85. The van der Waals surface area contributed by atoms with Crippen LogP contribution in [0.4, 0.5) is 0 Å². The first-order valence-corrected chi connectivity index (χ1v) is 28.0. The molecule has 8 aromatic carbocycles. The van der Waals surface area contributed by atoms with Crippen LogP contribution >= 0.6 is 0 Å². The van der Waals surface area contributed by atoms with Gasteiger partial charge in [0.1, 0.15) is 0 Å². The molecule has 0 saturated carbocycles. The van der Waals surface area contributed by atoms with E-state index in [4.69, 9.17) is 0 Å². The summed E-state index contributed by atoms with van der Waals surface area (Å²) in [6.07, 6.45) is 14.3. The van der Waals surface area contributed by atoms with Crippen LogP contribution in [0, 0.1) is 47.5 Å². The van der Waals surface area contributed by atoms with Crippen LogP contribution in [0.15, 0.2) is 212 Å². The van der Waals surface area contributed by atoms with Gasteiger partial charge >= 0.3 is 0 Å². The van der Waals surface area contributed by atoms with Crippen LogP contribution in [-0.2, 0) is 10.8 Å². The minimum atomic E-state index is 0.0496. The molecule has 0 aromatic heterocycles. The Morgan fingerprint density at radius 1 is 0.395 bits per heavy atom. The van der Waals surface area contributed by atoms with Crippen molar-refractivity contribution < 1.29 is 0 Å². The summed E-state index contributed by atoms with van der Waals surface area (Å²) in [5.74, 6) is 0.925. The molecule has 0 fully saturated rings. The van der Waals surface area contributed by atoms with Crippen molar-refractivity contribution in [3.8, 4) is 33.4 Å². The third-order valence-corrected chi connectivity index (χ3v) is 16.2. The minimum Gasteiger partial charge on any atom is -0.0807 e. The fraction of sp³-hybridized carbons (Fsp3) is 0.263. The molecule has 4 aliphatic rings. The third kappa shape index (κ3) is 11.7. The second-order valence-corrected chi connectivity index (χ2v) is 22.5. The highest BCUT2D eigenvalue weighted by Crippen LogP contribution is 2.50. The fourth-order valence-corrected chi connectivity index (χ4v) is 11.8. The van der Waals surface area contributed by atoms with E-state index in [0.717, 1.165) is 0 Å². The molecule has 2 atom stereocenters. The van der Waals surface area contributed by atoms with Crippen LogP contribution in [0.25, 0.3) is 44.5 Å². The van der Waals surface area contributed by atoms with Gasteiger partial charge in [0.15, 0.2) is 0 Å². The van der Waals surface area contributed by atoms with Crippen LogP contribution in [0.1, 0.15) is 146 Å². The molecule has 12 rings (SSSR count). The number of aryl methyl sites for hydroxylation is 6. The van der Waals surface area contributed by atoms with Gasteiger partial charge in [0.25, 0.3) is 0 Å². The van der Waals surface area contributed by atoms with Gasteiger partial charge in [-0.1, -0.05) is 271 Å². The Kier molecular flexibility index (Phi) is 17.2. The largest absolute Gasteiger partial charge is 0.0807 e. The number of allylic oxidation sites excluding steroid dienone is 8. The average Bonchev–Trinajstić information content (AvgIpc) is 3.80. The Morgan fingerprint density at radius 2 is 0.842 bits per heavy atom. The van der Waals surface area contributed by atoms with Gasteiger partial charge in [0.05, 0.1) is 0 Å². The molecule has 386 valence electrons. The summed E-state index contributed by atoms with van der Waals surface area (Å²) < 4.78 is 0. The maximum Gasteiger partial charge on any atom is 0.0159 e. The van der Waals surface area contributed by atoms with Gasteiger partial charge in [-0.2, -0.15) is 0 Å². The van der Waals surface area contributed by atoms with E-state index in [1.165, 1.54) is 135 Å². The number of hydrogen-bond acceptors (Lipinski definition) is 0. The molecule has 8 aromatic rings. The van der Waals surface area contributed by atoms with Crippen LogP contribution in [-0.4, -0.2) is 0 Å². The molecule has 0 nitrogen and oxygen atoms in total. The Labute approximate surface area is 458 Å². The molecule has 0 aliphatic heterocycles. The first-order chi connectivity index (χ1) is 36.5. The highest BCUT2D eigenvalue weighted by Gasteiger charge is 2.36. The van der Waals surface area contributed by atoms with Gasteiger partial charge in [-0.05, 0) is 173 Å². The van der Waals surface area contributed by atoms with Gasteiger partial charge < -0.3 is 0 Å². The number of hydrogen-bond donors (Lipinski definition) is 0. The van der Waals surface area contributed by atoms with Gasteiger partial charge in [0, 0.05) is 16.7 Å². The van der Waals surface area contributed by atoms with E-state index in [1.807, 2.05) is 13.8 Å². The third-order valence-electron chi connectivity index (χ3n) is 16.2. The maximum absolute atomic E-state index is 2.46. The molecule has 4 aliphatic carbocycles. The van der Waals surface area contributed by atoms with E-state index in [-0.39, 0.29) is 10.8 Å². The highest BCUT2D eigenvalue weighted by atomic mass is 14.4. The second kappa shape index (κ2) is 23.7. The lowest BCUT2D eigenvalue weighted by atomic mass is 9.78. The summed E-state index contributed by atoms with van der Waals surface area (Å²) in [7, 11) is 0. The molecule has 0 heteroatoms. The maximum atomic E-state index is 2.46. The summed E-state index contributed by atoms with van der Waals surface area (Å²) in [5, 5.41) is 0. The molecule has 2 unspecified atom stereocenters. The summed E-state index contributed by atoms with van der Waals surface area (Å²) in [4.78, 5) is 0. The van der Waals surface area contributed by atoms with Gasteiger partial charge in [0.2, 0.25) is 0 Å². The monoisotopic (exact) mass is 995 g/mol. The lowest BCUT2D eigenvalue weighted by Gasteiger charge is -2.26. The molecule has 0 N–H and O–H groups in total. The van der Waals surface area contributed by atoms with Crippen molar-refractivity contribution in [2.45, 2.75) is 127 Å². The molecular weight excluding hydrogens is 913 g/mol. The predicted octanol–water partition coefficient (Wildman–Crippen LogP) is 21.4. The molecule has 0 spiro atoms. The van der Waals surface area contributed by atoms with Gasteiger partial charge in [-0.15, -0.1) is 0 Å². The van der Waals surface area contributed by atoms with Crippen LogP contribution in [0.2, 0.25) is 0 Å². The van der Waals surface area contributed by atoms with Crippen molar-refractivity contribution >= 4 is 11.1 Å². The van der Waals surface area contributed by atoms with E-state index < -0.39 is 0 Å². The molecule has 76 heavy (non-hydrogen) atoms. The Morgan fingerprint density at radius 3 is 1.38 bits per heavy atom. The standard InChI is InChI=1S/C30H30.C16H16.C14H14.C14H16.C2H6/c1-19-10-13-24(20(2)16-19)25-14-11-22(17-21(25)3)23-12-15-27-26-8-6-7-9-28(26)30(4,5)29(27)18-23;1-11-8-9-13-12-6-4-5-7-14(12)16(2,3)15(13)10-11;1-11-3-7-13(8-4-11)14-9-5-12(2)6-10-14;1-11-7-3-5-9-13(11)14-10-6-4-8-12(14)2;1-2/h6-18,21,25H,1-5H3;4-10H,1-3H3;3-10H,1-2H3;3,5,7-10H,4,6H2,1-2H3;1-2H3. The van der Waals surface area contributed by atoms with E-state index in [0.29, 0.717) is 11.8 Å². The zero-order valence-electron chi connectivity index (χ0n) is 48.2. The Bertz CT molecular complexity index is 3400. The Hall–Kier alpha value is -7.28. The van der Waals surface area contributed by atoms with E-state index in [1.54, 1.807) is 0 Å². The minimum absolute atomic E-state index is 0.0496. The molecule has 0 radical (unpaired) electrons. The van der Waals surface area contributed by atoms with Crippen LogP contribution < -0.4 is 0 Å². The first kappa shape index (κ1) is 55.0. The summed E-state index contributed by atoms with van der Waals surface area (Å²) in [6.45, 7) is 30.9. The molecule has 0 bridgehead atoms. The number of rotatable bonds is 4. The molecular formula is C76H82. The second-order valence-electron chi connectivity index (χ2n) is 22.5. The van der Waals surface area contributed by atoms with Gasteiger partial charge in [-0.3, -0.25) is 0 Å². The van der Waals surface area contributed by atoms with Crippen LogP contribution in [0.3, 0.4) is 0 Å². The van der Waals surface area contributed by atoms with E-state index >= 15 is 0 Å². The first-order valence-electron chi connectivity index (χ1n) is 28.0. The zero-order valence-corrected chi connectivity index (χ0v) is 48.2. The van der Waals surface area contributed by atoms with Crippen molar-refractivity contribution in [1.82, 2.24) is 0 Å². The topological polar surface area (TPSA) is 0 Å². The number of fused-ring (bicyclic) bond motifs is 6. The van der Waals surface area contributed by atoms with E-state index in [2.05, 4.69) is 289 Å². The fourth-order valence-electron chi connectivity index (χ4n) is 11.8. The normalized spacial score (nSPS) is 16.6. The molecule has 0 heterocycles. The van der Waals surface area contributed by atoms with Crippen molar-refractivity contribution in [2.24, 2.45) is 5.92 Å². The van der Waals surface area contributed by atoms with Crippen molar-refractivity contribution in [3.63, 3.8) is 0 Å². The predicted molar refractivity (Wildman–Crippen MR) is 333 cm³/mol. The quantitative estimate of drug-likeness (QED) is 0.165.